The van der Waals surface area contributed by atoms with Gasteiger partial charge in [0.05, 0.1) is 11.4 Å². The lowest BCUT2D eigenvalue weighted by molar-refractivity contribution is 0.0660. The molecule has 6 nitrogen and oxygen atoms in total. The summed E-state index contributed by atoms with van der Waals surface area (Å²) in [5.41, 5.74) is 0.553. The molecule has 1 aromatic carbocycles. The van der Waals surface area contributed by atoms with Crippen LogP contribution >= 0.6 is 11.6 Å². The second-order valence-corrected chi connectivity index (χ2v) is 6.48. The fraction of sp³-hybridized carbons (Fsp3) is 0.154. The van der Waals surface area contributed by atoms with Crippen LogP contribution in [0, 0.1) is 6.92 Å². The van der Waals surface area contributed by atoms with Gasteiger partial charge in [-0.2, -0.15) is 0 Å². The zero-order chi connectivity index (χ0) is 15.6. The number of furan rings is 1. The minimum Gasteiger partial charge on any atom is -0.475 e. The summed E-state index contributed by atoms with van der Waals surface area (Å²) in [7, 11) is -3.76. The maximum absolute atomic E-state index is 12.2. The highest BCUT2D eigenvalue weighted by Gasteiger charge is 2.18. The number of carboxylic acids is 1. The van der Waals surface area contributed by atoms with Gasteiger partial charge in [0, 0.05) is 5.02 Å². The maximum Gasteiger partial charge on any atom is 0.371 e. The predicted octanol–water partition coefficient (Wildman–Crippen LogP) is 2.42. The van der Waals surface area contributed by atoms with Crippen LogP contribution < -0.4 is 4.72 Å². The Morgan fingerprint density at radius 1 is 1.33 bits per heavy atom. The molecule has 2 rings (SSSR count). The molecule has 1 aromatic heterocycles. The monoisotopic (exact) mass is 329 g/mol. The van der Waals surface area contributed by atoms with E-state index in [1.165, 1.54) is 18.2 Å². The van der Waals surface area contributed by atoms with Crippen molar-refractivity contribution in [3.8, 4) is 0 Å². The summed E-state index contributed by atoms with van der Waals surface area (Å²) in [6.07, 6.45) is 0. The van der Waals surface area contributed by atoms with E-state index in [-0.39, 0.29) is 23.0 Å². The van der Waals surface area contributed by atoms with E-state index in [1.807, 2.05) is 0 Å². The van der Waals surface area contributed by atoms with Gasteiger partial charge in [-0.25, -0.2) is 17.9 Å². The fourth-order valence-electron chi connectivity index (χ4n) is 1.70. The highest BCUT2D eigenvalue weighted by Crippen LogP contribution is 2.20. The molecular formula is C13H12ClNO5S. The molecule has 8 heteroatoms. The number of nitrogens with one attached hydrogen (secondary N) is 1. The molecule has 0 spiro atoms. The Labute approximate surface area is 126 Å². The second kappa shape index (κ2) is 5.88. The molecule has 0 amide bonds. The van der Waals surface area contributed by atoms with E-state index < -0.39 is 16.0 Å². The zero-order valence-electron chi connectivity index (χ0n) is 11.0. The van der Waals surface area contributed by atoms with Gasteiger partial charge in [0.2, 0.25) is 15.8 Å². The van der Waals surface area contributed by atoms with E-state index in [0.717, 1.165) is 0 Å². The minimum absolute atomic E-state index is 0.0695. The van der Waals surface area contributed by atoms with Crippen molar-refractivity contribution in [2.24, 2.45) is 0 Å². The summed E-state index contributed by atoms with van der Waals surface area (Å²) in [5.74, 6) is -1.26. The van der Waals surface area contributed by atoms with Crippen molar-refractivity contribution in [2.45, 2.75) is 18.4 Å². The third kappa shape index (κ3) is 3.63. The molecule has 2 N–H and O–H groups in total. The van der Waals surface area contributed by atoms with Gasteiger partial charge < -0.3 is 9.52 Å². The van der Waals surface area contributed by atoms with E-state index in [0.29, 0.717) is 10.6 Å². The van der Waals surface area contributed by atoms with Crippen LogP contribution in [0.15, 0.2) is 39.6 Å². The number of carboxylic acid groups (broad SMARTS) is 1. The van der Waals surface area contributed by atoms with Gasteiger partial charge in [-0.05, 0) is 36.8 Å². The molecule has 0 radical (unpaired) electrons. The number of sulfonamides is 1. The number of carbonyl (C=O) groups is 1. The third-order valence-electron chi connectivity index (χ3n) is 2.75. The fourth-order valence-corrected chi connectivity index (χ4v) is 3.19. The van der Waals surface area contributed by atoms with Gasteiger partial charge in [-0.1, -0.05) is 17.7 Å². The molecule has 0 bridgehead atoms. The zero-order valence-corrected chi connectivity index (χ0v) is 12.5. The summed E-state index contributed by atoms with van der Waals surface area (Å²) >= 11 is 5.80. The number of aryl methyl sites for hydroxylation is 1. The molecule has 0 saturated heterocycles. The molecule has 0 aliphatic heterocycles. The quantitative estimate of drug-likeness (QED) is 0.878. The van der Waals surface area contributed by atoms with E-state index in [2.05, 4.69) is 4.72 Å². The summed E-state index contributed by atoms with van der Waals surface area (Å²) in [4.78, 5) is 10.7. The van der Waals surface area contributed by atoms with Crippen LogP contribution in [0.5, 0.6) is 0 Å². The molecule has 0 saturated carbocycles. The Morgan fingerprint density at radius 3 is 2.67 bits per heavy atom. The summed E-state index contributed by atoms with van der Waals surface area (Å²) in [5, 5.41) is 9.04. The van der Waals surface area contributed by atoms with E-state index >= 15 is 0 Å². The van der Waals surface area contributed by atoms with Gasteiger partial charge >= 0.3 is 5.97 Å². The number of hydrogen-bond donors (Lipinski definition) is 2. The Hall–Kier alpha value is -1.83. The number of rotatable bonds is 5. The van der Waals surface area contributed by atoms with Crippen LogP contribution in [-0.2, 0) is 16.6 Å². The van der Waals surface area contributed by atoms with E-state index in [9.17, 15) is 13.2 Å². The Kier molecular flexibility index (Phi) is 4.36. The lowest BCUT2D eigenvalue weighted by atomic mass is 10.2. The van der Waals surface area contributed by atoms with Gasteiger partial charge in [-0.15, -0.1) is 0 Å². The summed E-state index contributed by atoms with van der Waals surface area (Å²) in [6.45, 7) is 1.50. The molecule has 0 aliphatic carbocycles. The maximum atomic E-state index is 12.2. The van der Waals surface area contributed by atoms with Gasteiger partial charge in [0.25, 0.3) is 0 Å². The summed E-state index contributed by atoms with van der Waals surface area (Å²) < 4.78 is 31.7. The third-order valence-corrected chi connectivity index (χ3v) is 4.53. The van der Waals surface area contributed by atoms with Crippen molar-refractivity contribution in [3.63, 3.8) is 0 Å². The van der Waals surface area contributed by atoms with Gasteiger partial charge in [0.15, 0.2) is 0 Å². The average molecular weight is 330 g/mol. The van der Waals surface area contributed by atoms with E-state index in [4.69, 9.17) is 21.1 Å². The molecule has 2 aromatic rings. The topological polar surface area (TPSA) is 96.6 Å². The standard InChI is InChI=1S/C13H12ClNO5S/c1-8-2-3-9(14)6-12(8)21(18,19)15-7-10-4-5-11(20-10)13(16)17/h2-6,15H,7H2,1H3,(H,16,17). The summed E-state index contributed by atoms with van der Waals surface area (Å²) in [6, 6.07) is 7.21. The molecular weight excluding hydrogens is 318 g/mol. The first-order valence-corrected chi connectivity index (χ1v) is 7.73. The van der Waals surface area contributed by atoms with Crippen LogP contribution in [0.25, 0.3) is 0 Å². The number of benzene rings is 1. The molecule has 0 unspecified atom stereocenters. The minimum atomic E-state index is -3.76. The van der Waals surface area contributed by atoms with Crippen LogP contribution in [0.2, 0.25) is 5.02 Å². The van der Waals surface area contributed by atoms with Crippen molar-refractivity contribution in [3.05, 3.63) is 52.4 Å². The van der Waals surface area contributed by atoms with Crippen molar-refractivity contribution in [2.75, 3.05) is 0 Å². The first-order valence-electron chi connectivity index (χ1n) is 5.87. The Bertz CT molecular complexity index is 782. The van der Waals surface area contributed by atoms with Gasteiger partial charge in [0.1, 0.15) is 5.76 Å². The Balaban J connectivity index is 2.17. The second-order valence-electron chi connectivity index (χ2n) is 4.31. The molecule has 21 heavy (non-hydrogen) atoms. The molecule has 112 valence electrons. The average Bonchev–Trinajstić information content (AvgIpc) is 2.88. The molecule has 0 aliphatic rings. The van der Waals surface area contributed by atoms with Crippen LogP contribution in [-0.4, -0.2) is 19.5 Å². The molecule has 1 heterocycles. The predicted molar refractivity (Wildman–Crippen MR) is 75.9 cm³/mol. The number of hydrogen-bond acceptors (Lipinski definition) is 4. The largest absolute Gasteiger partial charge is 0.475 e. The lowest BCUT2D eigenvalue weighted by Crippen LogP contribution is -2.23. The highest BCUT2D eigenvalue weighted by molar-refractivity contribution is 7.89. The lowest BCUT2D eigenvalue weighted by Gasteiger charge is -2.08. The first kappa shape index (κ1) is 15.6. The SMILES string of the molecule is Cc1ccc(Cl)cc1S(=O)(=O)NCc1ccc(C(=O)O)o1. The normalized spacial score (nSPS) is 11.5. The number of aromatic carboxylic acids is 1. The van der Waals surface area contributed by atoms with Crippen LogP contribution in [0.1, 0.15) is 21.9 Å². The first-order chi connectivity index (χ1) is 9.79. The van der Waals surface area contributed by atoms with Gasteiger partial charge in [-0.3, -0.25) is 0 Å². The van der Waals surface area contributed by atoms with E-state index in [1.54, 1.807) is 19.1 Å². The van der Waals surface area contributed by atoms with Crippen LogP contribution in [0.3, 0.4) is 0 Å². The molecule has 0 fully saturated rings. The number of halogens is 1. The Morgan fingerprint density at radius 2 is 2.05 bits per heavy atom. The van der Waals surface area contributed by atoms with Crippen molar-refractivity contribution >= 4 is 27.6 Å². The van der Waals surface area contributed by atoms with Crippen LogP contribution in [0.4, 0.5) is 0 Å². The molecule has 0 atom stereocenters. The van der Waals surface area contributed by atoms with Crippen molar-refractivity contribution < 1.29 is 22.7 Å². The van der Waals surface area contributed by atoms with Crippen molar-refractivity contribution in [1.82, 2.24) is 4.72 Å². The highest BCUT2D eigenvalue weighted by atomic mass is 35.5. The van der Waals surface area contributed by atoms with Crippen molar-refractivity contribution in [1.29, 1.82) is 0 Å². The smallest absolute Gasteiger partial charge is 0.371 e.